The second-order valence-electron chi connectivity index (χ2n) is 4.97. The minimum atomic E-state index is -0.625. The minimum absolute atomic E-state index is 0.0505. The molecule has 0 saturated carbocycles. The monoisotopic (exact) mass is 231 g/mol. The molecule has 0 amide bonds. The molecule has 1 saturated heterocycles. The molecule has 88 valence electrons. The summed E-state index contributed by atoms with van der Waals surface area (Å²) in [4.78, 5) is 4.40. The molecular weight excluding hydrogens is 210 g/mol. The molecule has 0 aliphatic carbocycles. The van der Waals surface area contributed by atoms with Gasteiger partial charge >= 0.3 is 0 Å². The Hall–Kier alpha value is -0.580. The standard InChI is InChI=1S/C10H21N3OS/c1-10(2,3)13-9(11)12-8-4-6-15(14)7-5-8/h8H,4-7H2,1-3H3,(H3,11,12,13). The summed E-state index contributed by atoms with van der Waals surface area (Å²) in [5.41, 5.74) is 5.74. The van der Waals surface area contributed by atoms with Crippen molar-refractivity contribution >= 4 is 16.8 Å². The maximum Gasteiger partial charge on any atom is 0.189 e. The minimum Gasteiger partial charge on any atom is -0.370 e. The van der Waals surface area contributed by atoms with Gasteiger partial charge in [-0.3, -0.25) is 9.20 Å². The second-order valence-corrected chi connectivity index (χ2v) is 6.66. The molecule has 3 N–H and O–H groups in total. The molecule has 0 atom stereocenters. The van der Waals surface area contributed by atoms with E-state index in [9.17, 15) is 4.21 Å². The maximum absolute atomic E-state index is 11.1. The van der Waals surface area contributed by atoms with Crippen LogP contribution in [0.15, 0.2) is 4.99 Å². The van der Waals surface area contributed by atoms with Gasteiger partial charge in [-0.1, -0.05) is 0 Å². The Morgan fingerprint density at radius 3 is 2.40 bits per heavy atom. The number of nitrogens with one attached hydrogen (secondary N) is 1. The summed E-state index contributed by atoms with van der Waals surface area (Å²) in [5, 5.41) is 3.13. The largest absolute Gasteiger partial charge is 0.370 e. The van der Waals surface area contributed by atoms with Crippen molar-refractivity contribution in [3.05, 3.63) is 0 Å². The lowest BCUT2D eigenvalue weighted by molar-refractivity contribution is 0.503. The first kappa shape index (κ1) is 12.5. The molecule has 0 aromatic carbocycles. The molecule has 1 fully saturated rings. The number of rotatable bonds is 1. The molecule has 15 heavy (non-hydrogen) atoms. The average Bonchev–Trinajstić information content (AvgIpc) is 2.05. The highest BCUT2D eigenvalue weighted by atomic mass is 32.2. The predicted molar refractivity (Wildman–Crippen MR) is 65.4 cm³/mol. The zero-order valence-electron chi connectivity index (χ0n) is 9.75. The first-order valence-corrected chi connectivity index (χ1v) is 6.82. The van der Waals surface area contributed by atoms with Gasteiger partial charge in [0.15, 0.2) is 5.96 Å². The van der Waals surface area contributed by atoms with Crippen molar-refractivity contribution in [2.45, 2.75) is 45.2 Å². The van der Waals surface area contributed by atoms with Crippen LogP contribution < -0.4 is 11.1 Å². The number of hydrogen-bond acceptors (Lipinski definition) is 2. The van der Waals surface area contributed by atoms with Crippen LogP contribution in [0.4, 0.5) is 0 Å². The van der Waals surface area contributed by atoms with Crippen molar-refractivity contribution in [2.24, 2.45) is 10.7 Å². The van der Waals surface area contributed by atoms with E-state index in [1.165, 1.54) is 0 Å². The third-order valence-electron chi connectivity index (χ3n) is 2.18. The van der Waals surface area contributed by atoms with Crippen LogP contribution in [-0.2, 0) is 10.8 Å². The normalized spacial score (nSPS) is 28.9. The molecule has 1 heterocycles. The first-order valence-electron chi connectivity index (χ1n) is 5.33. The Morgan fingerprint density at radius 2 is 1.93 bits per heavy atom. The number of aliphatic imine (C=N–C) groups is 1. The van der Waals surface area contributed by atoms with E-state index in [1.54, 1.807) is 0 Å². The Labute approximate surface area is 94.2 Å². The van der Waals surface area contributed by atoms with E-state index in [0.717, 1.165) is 24.3 Å². The molecule has 0 aromatic rings. The van der Waals surface area contributed by atoms with Crippen molar-refractivity contribution in [1.29, 1.82) is 0 Å². The summed E-state index contributed by atoms with van der Waals surface area (Å²) in [5.74, 6) is 2.02. The Bertz CT molecular complexity index is 260. The van der Waals surface area contributed by atoms with E-state index in [1.807, 2.05) is 20.8 Å². The predicted octanol–water partition coefficient (Wildman–Crippen LogP) is 0.600. The summed E-state index contributed by atoms with van der Waals surface area (Å²) in [7, 11) is -0.625. The third-order valence-corrected chi connectivity index (χ3v) is 3.56. The van der Waals surface area contributed by atoms with E-state index in [-0.39, 0.29) is 11.6 Å². The molecule has 0 aromatic heterocycles. The van der Waals surface area contributed by atoms with Gasteiger partial charge in [-0.2, -0.15) is 0 Å². The van der Waals surface area contributed by atoms with Crippen molar-refractivity contribution in [1.82, 2.24) is 5.32 Å². The van der Waals surface area contributed by atoms with Crippen molar-refractivity contribution in [2.75, 3.05) is 11.5 Å². The van der Waals surface area contributed by atoms with E-state index in [2.05, 4.69) is 10.3 Å². The SMILES string of the molecule is CC(C)(C)NC(N)=NC1CCS(=O)CC1. The van der Waals surface area contributed by atoms with Crippen LogP contribution in [0.1, 0.15) is 33.6 Å². The Balaban J connectivity index is 2.45. The van der Waals surface area contributed by atoms with Crippen LogP contribution in [0.2, 0.25) is 0 Å². The van der Waals surface area contributed by atoms with E-state index in [4.69, 9.17) is 5.73 Å². The number of nitrogens with two attached hydrogens (primary N) is 1. The number of hydrogen-bond donors (Lipinski definition) is 2. The summed E-state index contributed by atoms with van der Waals surface area (Å²) in [6.45, 7) is 6.14. The molecule has 1 aliphatic heterocycles. The second kappa shape index (κ2) is 4.96. The van der Waals surface area contributed by atoms with Gasteiger partial charge in [0.2, 0.25) is 0 Å². The average molecular weight is 231 g/mol. The van der Waals surface area contributed by atoms with Crippen molar-refractivity contribution < 1.29 is 4.21 Å². The van der Waals surface area contributed by atoms with E-state index in [0.29, 0.717) is 5.96 Å². The molecule has 0 bridgehead atoms. The zero-order chi connectivity index (χ0) is 11.5. The molecule has 4 nitrogen and oxygen atoms in total. The van der Waals surface area contributed by atoms with Crippen molar-refractivity contribution in [3.63, 3.8) is 0 Å². The fourth-order valence-corrected chi connectivity index (χ4v) is 2.80. The van der Waals surface area contributed by atoms with Gasteiger partial charge in [-0.15, -0.1) is 0 Å². The lowest BCUT2D eigenvalue weighted by Gasteiger charge is -2.23. The molecule has 0 spiro atoms. The van der Waals surface area contributed by atoms with Gasteiger partial charge in [0, 0.05) is 27.8 Å². The lowest BCUT2D eigenvalue weighted by Crippen LogP contribution is -2.45. The summed E-state index contributed by atoms with van der Waals surface area (Å²) < 4.78 is 11.1. The van der Waals surface area contributed by atoms with Gasteiger partial charge in [-0.05, 0) is 33.6 Å². The van der Waals surface area contributed by atoms with Gasteiger partial charge in [0.1, 0.15) is 0 Å². The van der Waals surface area contributed by atoms with E-state index < -0.39 is 10.8 Å². The quantitative estimate of drug-likeness (QED) is 0.513. The third kappa shape index (κ3) is 5.16. The van der Waals surface area contributed by atoms with Crippen LogP contribution in [0.25, 0.3) is 0 Å². The van der Waals surface area contributed by atoms with Crippen LogP contribution in [0.5, 0.6) is 0 Å². The lowest BCUT2D eigenvalue weighted by atomic mass is 10.1. The first-order chi connectivity index (χ1) is 6.87. The van der Waals surface area contributed by atoms with Crippen molar-refractivity contribution in [3.8, 4) is 0 Å². The van der Waals surface area contributed by atoms with Gasteiger partial charge in [0.05, 0.1) is 6.04 Å². The van der Waals surface area contributed by atoms with Crippen LogP contribution in [-0.4, -0.2) is 33.3 Å². The highest BCUT2D eigenvalue weighted by Crippen LogP contribution is 2.12. The summed E-state index contributed by atoms with van der Waals surface area (Å²) >= 11 is 0. The summed E-state index contributed by atoms with van der Waals surface area (Å²) in [6, 6.07) is 0.248. The Kier molecular flexibility index (Phi) is 4.13. The van der Waals surface area contributed by atoms with Crippen LogP contribution in [0.3, 0.4) is 0 Å². The van der Waals surface area contributed by atoms with Gasteiger partial charge in [0.25, 0.3) is 0 Å². The number of guanidine groups is 1. The van der Waals surface area contributed by atoms with Gasteiger partial charge < -0.3 is 11.1 Å². The fourth-order valence-electron chi connectivity index (χ4n) is 1.52. The fraction of sp³-hybridized carbons (Fsp3) is 0.900. The van der Waals surface area contributed by atoms with E-state index >= 15 is 0 Å². The summed E-state index contributed by atoms with van der Waals surface area (Å²) in [6.07, 6.45) is 1.78. The highest BCUT2D eigenvalue weighted by Gasteiger charge is 2.18. The van der Waals surface area contributed by atoms with Gasteiger partial charge in [-0.25, -0.2) is 0 Å². The molecule has 5 heteroatoms. The smallest absolute Gasteiger partial charge is 0.189 e. The van der Waals surface area contributed by atoms with Crippen LogP contribution in [0, 0.1) is 0 Å². The highest BCUT2D eigenvalue weighted by molar-refractivity contribution is 7.85. The molecular formula is C10H21N3OS. The molecule has 1 aliphatic rings. The maximum atomic E-state index is 11.1. The molecule has 1 rings (SSSR count). The topological polar surface area (TPSA) is 67.5 Å². The molecule has 0 unspecified atom stereocenters. The molecule has 0 radical (unpaired) electrons. The van der Waals surface area contributed by atoms with Crippen LogP contribution >= 0.6 is 0 Å². The Morgan fingerprint density at radius 1 is 1.40 bits per heavy atom. The number of nitrogens with zero attached hydrogens (tertiary/aromatic N) is 1. The zero-order valence-corrected chi connectivity index (χ0v) is 10.6.